The summed E-state index contributed by atoms with van der Waals surface area (Å²) in [6.07, 6.45) is 9.81. The van der Waals surface area contributed by atoms with E-state index in [1.54, 1.807) is 0 Å². The number of ether oxygens (including phenoxy) is 1. The molecule has 0 aliphatic heterocycles. The highest BCUT2D eigenvalue weighted by molar-refractivity contribution is 9.09. The molecule has 96 valence electrons. The van der Waals surface area contributed by atoms with Gasteiger partial charge in [0, 0.05) is 11.8 Å². The van der Waals surface area contributed by atoms with Crippen LogP contribution in [0.3, 0.4) is 0 Å². The molecule has 0 N–H and O–H groups in total. The lowest BCUT2D eigenvalue weighted by molar-refractivity contribution is -0.143. The molecule has 0 bridgehead atoms. The van der Waals surface area contributed by atoms with Crippen LogP contribution in [0, 0.1) is 0 Å². The van der Waals surface area contributed by atoms with Gasteiger partial charge in [-0.15, -0.1) is 0 Å². The van der Waals surface area contributed by atoms with E-state index >= 15 is 0 Å². The van der Waals surface area contributed by atoms with Gasteiger partial charge in [0.15, 0.2) is 0 Å². The van der Waals surface area contributed by atoms with Crippen LogP contribution >= 0.6 is 15.9 Å². The fourth-order valence-electron chi connectivity index (χ4n) is 1.50. The molecule has 0 heterocycles. The summed E-state index contributed by atoms with van der Waals surface area (Å²) in [6.45, 7) is 2.81. The van der Waals surface area contributed by atoms with Gasteiger partial charge in [-0.25, -0.2) is 0 Å². The van der Waals surface area contributed by atoms with E-state index in [0.717, 1.165) is 31.0 Å². The Morgan fingerprint density at radius 1 is 1.00 bits per heavy atom. The lowest BCUT2D eigenvalue weighted by Gasteiger charge is -2.04. The lowest BCUT2D eigenvalue weighted by Crippen LogP contribution is -2.05. The Hall–Kier alpha value is -0.0500. The van der Waals surface area contributed by atoms with Gasteiger partial charge in [-0.1, -0.05) is 55.0 Å². The fourth-order valence-corrected chi connectivity index (χ4v) is 1.90. The fraction of sp³-hybridized carbons (Fsp3) is 0.923. The van der Waals surface area contributed by atoms with E-state index < -0.39 is 0 Å². The van der Waals surface area contributed by atoms with Crippen molar-refractivity contribution in [1.82, 2.24) is 0 Å². The minimum absolute atomic E-state index is 0.0231. The van der Waals surface area contributed by atoms with Crippen molar-refractivity contribution < 1.29 is 9.53 Å². The molecule has 0 saturated carbocycles. The number of hydrogen-bond donors (Lipinski definition) is 0. The van der Waals surface area contributed by atoms with Crippen LogP contribution in [0.4, 0.5) is 0 Å². The Morgan fingerprint density at radius 3 is 2.38 bits per heavy atom. The predicted octanol–water partition coefficient (Wildman–Crippen LogP) is 4.46. The first-order valence-corrected chi connectivity index (χ1v) is 7.65. The maximum Gasteiger partial charge on any atom is 0.305 e. The molecule has 0 atom stereocenters. The van der Waals surface area contributed by atoms with Crippen molar-refractivity contribution in [2.45, 2.75) is 64.7 Å². The topological polar surface area (TPSA) is 26.3 Å². The third-order valence-electron chi connectivity index (χ3n) is 2.53. The maximum absolute atomic E-state index is 11.3. The summed E-state index contributed by atoms with van der Waals surface area (Å²) in [6, 6.07) is 0. The summed E-state index contributed by atoms with van der Waals surface area (Å²) in [7, 11) is 0. The monoisotopic (exact) mass is 292 g/mol. The smallest absolute Gasteiger partial charge is 0.305 e. The zero-order valence-electron chi connectivity index (χ0n) is 10.5. The first-order chi connectivity index (χ1) is 7.81. The van der Waals surface area contributed by atoms with Crippen molar-refractivity contribution >= 4 is 21.9 Å². The quantitative estimate of drug-likeness (QED) is 0.319. The molecule has 0 fully saturated rings. The lowest BCUT2D eigenvalue weighted by atomic mass is 10.2. The number of rotatable bonds is 11. The molecule has 2 nitrogen and oxygen atoms in total. The molecule has 0 aromatic carbocycles. The molecule has 0 aliphatic rings. The van der Waals surface area contributed by atoms with Gasteiger partial charge in [0.2, 0.25) is 0 Å². The number of hydrogen-bond acceptors (Lipinski definition) is 2. The minimum Gasteiger partial charge on any atom is -0.466 e. The highest BCUT2D eigenvalue weighted by Crippen LogP contribution is 2.05. The Labute approximate surface area is 108 Å². The van der Waals surface area contributed by atoms with Crippen molar-refractivity contribution in [1.29, 1.82) is 0 Å². The second-order valence-electron chi connectivity index (χ2n) is 4.13. The van der Waals surface area contributed by atoms with Gasteiger partial charge in [0.05, 0.1) is 6.61 Å². The van der Waals surface area contributed by atoms with Crippen LogP contribution in [0.5, 0.6) is 0 Å². The van der Waals surface area contributed by atoms with E-state index in [9.17, 15) is 4.79 Å². The average Bonchev–Trinajstić information content (AvgIpc) is 2.29. The summed E-state index contributed by atoms with van der Waals surface area (Å²) in [5.74, 6) is -0.0231. The van der Waals surface area contributed by atoms with E-state index in [0.29, 0.717) is 13.0 Å². The van der Waals surface area contributed by atoms with Gasteiger partial charge in [0.25, 0.3) is 0 Å². The number of carbonyl (C=O) groups is 1. The van der Waals surface area contributed by atoms with Gasteiger partial charge in [-0.05, 0) is 19.3 Å². The first-order valence-electron chi connectivity index (χ1n) is 6.52. The van der Waals surface area contributed by atoms with E-state index in [1.807, 2.05) is 0 Å². The number of esters is 1. The molecular formula is C13H25BrO2. The second kappa shape index (κ2) is 13.0. The van der Waals surface area contributed by atoms with Crippen molar-refractivity contribution in [2.75, 3.05) is 11.9 Å². The van der Waals surface area contributed by atoms with Gasteiger partial charge in [-0.2, -0.15) is 0 Å². The third-order valence-corrected chi connectivity index (χ3v) is 3.09. The van der Waals surface area contributed by atoms with E-state index in [4.69, 9.17) is 4.74 Å². The van der Waals surface area contributed by atoms with Crippen molar-refractivity contribution in [3.63, 3.8) is 0 Å². The molecule has 0 rings (SSSR count). The molecule has 16 heavy (non-hydrogen) atoms. The van der Waals surface area contributed by atoms with E-state index in [-0.39, 0.29) is 5.97 Å². The van der Waals surface area contributed by atoms with Crippen molar-refractivity contribution in [3.8, 4) is 0 Å². The van der Waals surface area contributed by atoms with Crippen LogP contribution in [0.2, 0.25) is 0 Å². The van der Waals surface area contributed by atoms with Crippen LogP contribution < -0.4 is 0 Å². The molecule has 0 aromatic heterocycles. The molecule has 0 spiro atoms. The summed E-state index contributed by atoms with van der Waals surface area (Å²) < 4.78 is 5.15. The Morgan fingerprint density at radius 2 is 1.69 bits per heavy atom. The maximum atomic E-state index is 11.3. The SMILES string of the molecule is CCCCCCCOC(=O)CCCCCBr. The number of alkyl halides is 1. The summed E-state index contributed by atoms with van der Waals surface area (Å²) in [5.41, 5.74) is 0. The summed E-state index contributed by atoms with van der Waals surface area (Å²) in [5, 5.41) is 1.03. The van der Waals surface area contributed by atoms with Crippen LogP contribution in [0.1, 0.15) is 64.7 Å². The number of halogens is 1. The third kappa shape index (κ3) is 12.0. The van der Waals surface area contributed by atoms with Gasteiger partial charge >= 0.3 is 5.97 Å². The van der Waals surface area contributed by atoms with Crippen LogP contribution in [-0.2, 0) is 9.53 Å². The molecule has 0 amide bonds. The Bertz CT molecular complexity index is 160. The van der Waals surface area contributed by atoms with Crippen molar-refractivity contribution in [3.05, 3.63) is 0 Å². The molecule has 0 unspecified atom stereocenters. The molecular weight excluding hydrogens is 268 g/mol. The zero-order valence-corrected chi connectivity index (χ0v) is 12.1. The van der Waals surface area contributed by atoms with Crippen molar-refractivity contribution in [2.24, 2.45) is 0 Å². The number of unbranched alkanes of at least 4 members (excludes halogenated alkanes) is 6. The van der Waals surface area contributed by atoms with E-state index in [1.165, 1.54) is 25.7 Å². The zero-order chi connectivity index (χ0) is 12.1. The molecule has 0 radical (unpaired) electrons. The van der Waals surface area contributed by atoms with Gasteiger partial charge < -0.3 is 4.74 Å². The molecule has 3 heteroatoms. The first kappa shape index (κ1) is 16.0. The van der Waals surface area contributed by atoms with Gasteiger partial charge in [-0.3, -0.25) is 4.79 Å². The van der Waals surface area contributed by atoms with Crippen LogP contribution in [0.25, 0.3) is 0 Å². The minimum atomic E-state index is -0.0231. The summed E-state index contributed by atoms with van der Waals surface area (Å²) >= 11 is 3.37. The highest BCUT2D eigenvalue weighted by atomic mass is 79.9. The molecule has 0 saturated heterocycles. The van der Waals surface area contributed by atoms with Gasteiger partial charge in [0.1, 0.15) is 0 Å². The second-order valence-corrected chi connectivity index (χ2v) is 4.93. The number of carbonyl (C=O) groups excluding carboxylic acids is 1. The molecule has 0 aliphatic carbocycles. The average molecular weight is 293 g/mol. The Balaban J connectivity index is 3.11. The largest absolute Gasteiger partial charge is 0.466 e. The highest BCUT2D eigenvalue weighted by Gasteiger charge is 2.01. The van der Waals surface area contributed by atoms with E-state index in [2.05, 4.69) is 22.9 Å². The molecule has 0 aromatic rings. The standard InChI is InChI=1S/C13H25BrO2/c1-2-3-4-5-9-12-16-13(15)10-7-6-8-11-14/h2-12H2,1H3. The van der Waals surface area contributed by atoms with Crippen LogP contribution in [-0.4, -0.2) is 17.9 Å². The Kier molecular flexibility index (Phi) is 13.0. The summed E-state index contributed by atoms with van der Waals surface area (Å²) in [4.78, 5) is 11.3. The normalized spacial score (nSPS) is 10.4. The van der Waals surface area contributed by atoms with Crippen LogP contribution in [0.15, 0.2) is 0 Å². The predicted molar refractivity (Wildman–Crippen MR) is 72.0 cm³/mol.